The first-order valence-corrected chi connectivity index (χ1v) is 10.7. The van der Waals surface area contributed by atoms with Crippen LogP contribution in [0.1, 0.15) is 62.4 Å². The van der Waals surface area contributed by atoms with E-state index >= 15 is 0 Å². The molecule has 2 aliphatic rings. The lowest BCUT2D eigenvalue weighted by atomic mass is 9.88. The van der Waals surface area contributed by atoms with Crippen LogP contribution >= 0.6 is 0 Å². The fourth-order valence-electron chi connectivity index (χ4n) is 4.90. The fourth-order valence-corrected chi connectivity index (χ4v) is 4.90. The molecule has 7 heteroatoms. The smallest absolute Gasteiger partial charge is 0.273 e. The highest BCUT2D eigenvalue weighted by Crippen LogP contribution is 2.48. The van der Waals surface area contributed by atoms with E-state index in [1.165, 1.54) is 11.1 Å². The van der Waals surface area contributed by atoms with Crippen LogP contribution in [-0.4, -0.2) is 21.6 Å². The van der Waals surface area contributed by atoms with E-state index in [0.717, 1.165) is 38.5 Å². The first-order chi connectivity index (χ1) is 14.1. The van der Waals surface area contributed by atoms with Gasteiger partial charge in [-0.1, -0.05) is 44.4 Å². The van der Waals surface area contributed by atoms with Gasteiger partial charge in [0.05, 0.1) is 5.39 Å². The zero-order valence-electron chi connectivity index (χ0n) is 16.8. The van der Waals surface area contributed by atoms with Gasteiger partial charge < -0.3 is 0 Å². The molecule has 154 valence electrons. The van der Waals surface area contributed by atoms with Crippen LogP contribution in [0.15, 0.2) is 29.1 Å². The third-order valence-electron chi connectivity index (χ3n) is 6.43. The summed E-state index contributed by atoms with van der Waals surface area (Å²) in [6, 6.07) is 6.97. The number of fused-ring (bicyclic) bond motifs is 3. The Balaban J connectivity index is 1.52. The van der Waals surface area contributed by atoms with Crippen molar-refractivity contribution < 1.29 is 9.59 Å². The van der Waals surface area contributed by atoms with Crippen molar-refractivity contribution in [3.05, 3.63) is 40.3 Å². The molecule has 0 aliphatic heterocycles. The van der Waals surface area contributed by atoms with Crippen molar-refractivity contribution in [2.45, 2.75) is 58.4 Å². The molecule has 4 rings (SSSR count). The average molecular weight is 396 g/mol. The van der Waals surface area contributed by atoms with Crippen LogP contribution in [0.2, 0.25) is 0 Å². The van der Waals surface area contributed by atoms with Crippen LogP contribution in [0.5, 0.6) is 0 Å². The molecule has 0 saturated heterocycles. The maximum Gasteiger partial charge on any atom is 0.290 e. The number of aryl methyl sites for hydroxylation is 1. The first kappa shape index (κ1) is 19.6. The van der Waals surface area contributed by atoms with E-state index < -0.39 is 5.91 Å². The van der Waals surface area contributed by atoms with E-state index in [4.69, 9.17) is 0 Å². The zero-order chi connectivity index (χ0) is 20.4. The van der Waals surface area contributed by atoms with Gasteiger partial charge in [-0.25, -0.2) is 4.68 Å². The minimum atomic E-state index is -0.498. The molecule has 2 fully saturated rings. The lowest BCUT2D eigenvalue weighted by Crippen LogP contribution is -2.46. The molecule has 2 bridgehead atoms. The first-order valence-electron chi connectivity index (χ1n) is 10.7. The standard InChI is InChI=1S/C22H28N4O3/c1-2-3-6-11-26-22(29)17-8-5-4-7-16(17)19(25-26)21(28)24-23-20(27)18-13-14-9-10-15(18)12-14/h4-5,7-8,14-15,18H,2-3,6,9-13H2,1H3,(H,23,27)(H,24,28). The Morgan fingerprint density at radius 3 is 2.59 bits per heavy atom. The fraction of sp³-hybridized carbons (Fsp3) is 0.545. The summed E-state index contributed by atoms with van der Waals surface area (Å²) >= 11 is 0. The van der Waals surface area contributed by atoms with E-state index in [1.54, 1.807) is 24.3 Å². The van der Waals surface area contributed by atoms with Crippen molar-refractivity contribution in [3.63, 3.8) is 0 Å². The highest BCUT2D eigenvalue weighted by molar-refractivity contribution is 6.05. The molecule has 7 nitrogen and oxygen atoms in total. The molecule has 2 saturated carbocycles. The molecule has 1 aromatic carbocycles. The zero-order valence-corrected chi connectivity index (χ0v) is 16.8. The Labute approximate surface area is 169 Å². The minimum absolute atomic E-state index is 0.0123. The molecule has 29 heavy (non-hydrogen) atoms. The molecule has 2 aromatic rings. The molecule has 2 aliphatic carbocycles. The van der Waals surface area contributed by atoms with E-state index in [2.05, 4.69) is 22.9 Å². The third kappa shape index (κ3) is 3.91. The summed E-state index contributed by atoms with van der Waals surface area (Å²) in [6.07, 6.45) is 7.20. The second-order valence-electron chi connectivity index (χ2n) is 8.35. The van der Waals surface area contributed by atoms with Crippen molar-refractivity contribution in [2.24, 2.45) is 17.8 Å². The SMILES string of the molecule is CCCCCn1nc(C(=O)NNC(=O)C2CC3CCC2C3)c2ccccc2c1=O. The number of aromatic nitrogens is 2. The van der Waals surface area contributed by atoms with Crippen LogP contribution < -0.4 is 16.4 Å². The molecule has 3 atom stereocenters. The Morgan fingerprint density at radius 2 is 1.90 bits per heavy atom. The largest absolute Gasteiger partial charge is 0.290 e. The molecule has 0 spiro atoms. The number of carbonyl (C=O) groups is 2. The summed E-state index contributed by atoms with van der Waals surface area (Å²) in [6.45, 7) is 2.56. The summed E-state index contributed by atoms with van der Waals surface area (Å²) in [5.41, 5.74) is 5.08. The van der Waals surface area contributed by atoms with Crippen molar-refractivity contribution >= 4 is 22.6 Å². The van der Waals surface area contributed by atoms with Crippen LogP contribution in [0.4, 0.5) is 0 Å². The number of carbonyl (C=O) groups excluding carboxylic acids is 2. The van der Waals surface area contributed by atoms with Crippen LogP contribution in [0.25, 0.3) is 10.8 Å². The second kappa shape index (κ2) is 8.35. The summed E-state index contributed by atoms with van der Waals surface area (Å²) < 4.78 is 1.37. The molecule has 2 N–H and O–H groups in total. The topological polar surface area (TPSA) is 93.1 Å². The number of hydrazine groups is 1. The maximum absolute atomic E-state index is 12.8. The molecule has 0 radical (unpaired) electrons. The second-order valence-corrected chi connectivity index (χ2v) is 8.35. The number of rotatable bonds is 6. The van der Waals surface area contributed by atoms with Gasteiger partial charge >= 0.3 is 0 Å². The van der Waals surface area contributed by atoms with Gasteiger partial charge in [0.15, 0.2) is 5.69 Å². The lowest BCUT2D eigenvalue weighted by Gasteiger charge is -2.21. The molecule has 2 amide bonds. The van der Waals surface area contributed by atoms with E-state index in [0.29, 0.717) is 29.2 Å². The van der Waals surface area contributed by atoms with Gasteiger partial charge in [0, 0.05) is 17.8 Å². The van der Waals surface area contributed by atoms with Gasteiger partial charge in [-0.3, -0.25) is 25.2 Å². The number of hydrogen-bond donors (Lipinski definition) is 2. The summed E-state index contributed by atoms with van der Waals surface area (Å²) in [5, 5.41) is 5.28. The molecular weight excluding hydrogens is 368 g/mol. The van der Waals surface area contributed by atoms with Gasteiger partial charge in [-0.05, 0) is 43.6 Å². The summed E-state index contributed by atoms with van der Waals surface area (Å²) in [5.74, 6) is 0.467. The highest BCUT2D eigenvalue weighted by Gasteiger charge is 2.43. The molecule has 3 unspecified atom stereocenters. The monoisotopic (exact) mass is 396 g/mol. The van der Waals surface area contributed by atoms with Crippen LogP contribution in [0.3, 0.4) is 0 Å². The normalized spacial score (nSPS) is 22.7. The van der Waals surface area contributed by atoms with Gasteiger partial charge in [0.2, 0.25) is 5.91 Å². The van der Waals surface area contributed by atoms with E-state index in [-0.39, 0.29) is 23.1 Å². The Kier molecular flexibility index (Phi) is 5.65. The van der Waals surface area contributed by atoms with Crippen molar-refractivity contribution in [1.29, 1.82) is 0 Å². The number of nitrogens with one attached hydrogen (secondary N) is 2. The number of unbranched alkanes of at least 4 members (excludes halogenated alkanes) is 2. The number of benzene rings is 1. The number of nitrogens with zero attached hydrogens (tertiary/aromatic N) is 2. The van der Waals surface area contributed by atoms with Gasteiger partial charge in [-0.15, -0.1) is 0 Å². The van der Waals surface area contributed by atoms with Gasteiger partial charge in [0.25, 0.3) is 11.5 Å². The van der Waals surface area contributed by atoms with Crippen LogP contribution in [-0.2, 0) is 11.3 Å². The highest BCUT2D eigenvalue weighted by atomic mass is 16.2. The maximum atomic E-state index is 12.8. The quantitative estimate of drug-likeness (QED) is 0.580. The number of hydrogen-bond acceptors (Lipinski definition) is 4. The van der Waals surface area contributed by atoms with Crippen molar-refractivity contribution in [1.82, 2.24) is 20.6 Å². The Hall–Kier alpha value is -2.70. The van der Waals surface area contributed by atoms with Crippen molar-refractivity contribution in [2.75, 3.05) is 0 Å². The van der Waals surface area contributed by atoms with Crippen molar-refractivity contribution in [3.8, 4) is 0 Å². The molecular formula is C22H28N4O3. The van der Waals surface area contributed by atoms with Gasteiger partial charge in [-0.2, -0.15) is 5.10 Å². The van der Waals surface area contributed by atoms with E-state index in [9.17, 15) is 14.4 Å². The summed E-state index contributed by atoms with van der Waals surface area (Å²) in [4.78, 5) is 38.1. The lowest BCUT2D eigenvalue weighted by molar-refractivity contribution is -0.127. The third-order valence-corrected chi connectivity index (χ3v) is 6.43. The van der Waals surface area contributed by atoms with Crippen LogP contribution in [0, 0.1) is 17.8 Å². The average Bonchev–Trinajstić information content (AvgIpc) is 3.37. The molecule has 1 aromatic heterocycles. The predicted molar refractivity (Wildman–Crippen MR) is 110 cm³/mol. The van der Waals surface area contributed by atoms with E-state index in [1.807, 2.05) is 0 Å². The molecule has 1 heterocycles. The van der Waals surface area contributed by atoms with Gasteiger partial charge in [0.1, 0.15) is 0 Å². The Morgan fingerprint density at radius 1 is 1.10 bits per heavy atom. The Bertz CT molecular complexity index is 984. The minimum Gasteiger partial charge on any atom is -0.273 e. The predicted octanol–water partition coefficient (Wildman–Crippen LogP) is 2.78. The summed E-state index contributed by atoms with van der Waals surface area (Å²) in [7, 11) is 0. The number of amides is 2.